The molecule has 164 valence electrons. The van der Waals surface area contributed by atoms with Crippen molar-refractivity contribution in [1.82, 2.24) is 0 Å². The monoisotopic (exact) mass is 452 g/mol. The van der Waals surface area contributed by atoms with Crippen molar-refractivity contribution in [1.29, 1.82) is 0 Å². The number of rotatable bonds is 5. The number of fused-ring (bicyclic) bond motifs is 5. The number of anilines is 2. The number of hydrogen-bond acceptors (Lipinski definition) is 5. The molecule has 2 aliphatic carbocycles. The van der Waals surface area contributed by atoms with Crippen LogP contribution in [0.1, 0.15) is 29.6 Å². The van der Waals surface area contributed by atoms with E-state index in [-0.39, 0.29) is 29.2 Å². The second-order valence-electron chi connectivity index (χ2n) is 8.58. The number of ether oxygens (including phenoxy) is 1. The minimum atomic E-state index is -0.711. The molecule has 4 atom stereocenters. The van der Waals surface area contributed by atoms with Crippen molar-refractivity contribution < 1.29 is 23.9 Å². The van der Waals surface area contributed by atoms with E-state index in [2.05, 4.69) is 5.32 Å². The predicted molar refractivity (Wildman–Crippen MR) is 117 cm³/mol. The normalized spacial score (nSPS) is 25.7. The predicted octanol–water partition coefficient (Wildman–Crippen LogP) is 3.67. The Morgan fingerprint density at radius 3 is 2.31 bits per heavy atom. The summed E-state index contributed by atoms with van der Waals surface area (Å²) in [5.74, 6) is -1.41. The minimum absolute atomic E-state index is 0.167. The molecule has 2 bridgehead atoms. The average Bonchev–Trinajstić information content (AvgIpc) is 3.47. The Hall–Kier alpha value is -3.19. The topological polar surface area (TPSA) is 92.8 Å². The number of nitrogens with zero attached hydrogens (tertiary/aromatic N) is 1. The lowest BCUT2D eigenvalue weighted by atomic mass is 9.81. The van der Waals surface area contributed by atoms with Crippen LogP contribution < -0.4 is 10.2 Å². The molecule has 1 aliphatic heterocycles. The minimum Gasteiger partial charge on any atom is -0.452 e. The van der Waals surface area contributed by atoms with Gasteiger partial charge in [-0.1, -0.05) is 17.7 Å². The smallest absolute Gasteiger partial charge is 0.338 e. The Morgan fingerprint density at radius 2 is 1.66 bits per heavy atom. The molecule has 0 aromatic heterocycles. The van der Waals surface area contributed by atoms with E-state index in [0.29, 0.717) is 28.2 Å². The largest absolute Gasteiger partial charge is 0.452 e. The summed E-state index contributed by atoms with van der Waals surface area (Å²) >= 11 is 5.81. The van der Waals surface area contributed by atoms with Crippen molar-refractivity contribution in [3.63, 3.8) is 0 Å². The number of halogens is 1. The van der Waals surface area contributed by atoms with Crippen LogP contribution >= 0.6 is 11.6 Å². The summed E-state index contributed by atoms with van der Waals surface area (Å²) in [6.07, 6.45) is 2.97. The third kappa shape index (κ3) is 3.56. The Kier molecular flexibility index (Phi) is 5.21. The highest BCUT2D eigenvalue weighted by atomic mass is 35.5. The zero-order valence-corrected chi connectivity index (χ0v) is 17.9. The molecule has 0 unspecified atom stereocenters. The third-order valence-corrected chi connectivity index (χ3v) is 6.98. The van der Waals surface area contributed by atoms with Gasteiger partial charge in [0, 0.05) is 10.7 Å². The lowest BCUT2D eigenvalue weighted by Gasteiger charge is -2.19. The fourth-order valence-electron chi connectivity index (χ4n) is 5.38. The molecular weight excluding hydrogens is 432 g/mol. The van der Waals surface area contributed by atoms with Crippen molar-refractivity contribution in [2.24, 2.45) is 23.7 Å². The Bertz CT molecular complexity index is 1090. The number of esters is 1. The van der Waals surface area contributed by atoms with Gasteiger partial charge in [0.2, 0.25) is 11.8 Å². The van der Waals surface area contributed by atoms with Gasteiger partial charge in [-0.15, -0.1) is 0 Å². The van der Waals surface area contributed by atoms with Gasteiger partial charge in [-0.25, -0.2) is 4.79 Å². The number of carbonyl (C=O) groups excluding carboxylic acids is 4. The maximum atomic E-state index is 13.0. The second kappa shape index (κ2) is 8.06. The average molecular weight is 453 g/mol. The molecule has 2 saturated carbocycles. The molecule has 0 spiro atoms. The summed E-state index contributed by atoms with van der Waals surface area (Å²) in [4.78, 5) is 51.8. The molecule has 3 amide bonds. The first-order chi connectivity index (χ1) is 15.4. The van der Waals surface area contributed by atoms with E-state index in [1.165, 1.54) is 17.0 Å². The van der Waals surface area contributed by atoms with E-state index in [0.717, 1.165) is 19.3 Å². The summed E-state index contributed by atoms with van der Waals surface area (Å²) in [7, 11) is 0. The van der Waals surface area contributed by atoms with E-state index >= 15 is 0 Å². The second-order valence-corrected chi connectivity index (χ2v) is 9.01. The van der Waals surface area contributed by atoms with E-state index < -0.39 is 18.5 Å². The Balaban J connectivity index is 1.24. The number of hydrogen-bond donors (Lipinski definition) is 1. The lowest BCUT2D eigenvalue weighted by molar-refractivity contribution is -0.123. The molecule has 8 heteroatoms. The van der Waals surface area contributed by atoms with Gasteiger partial charge in [0.1, 0.15) is 0 Å². The van der Waals surface area contributed by atoms with Crippen molar-refractivity contribution in [2.45, 2.75) is 19.3 Å². The summed E-state index contributed by atoms with van der Waals surface area (Å²) in [6.45, 7) is -0.471. The highest BCUT2D eigenvalue weighted by Gasteiger charge is 2.61. The fourth-order valence-corrected chi connectivity index (χ4v) is 5.51. The quantitative estimate of drug-likeness (QED) is 0.552. The zero-order chi connectivity index (χ0) is 22.4. The Labute approximate surface area is 189 Å². The van der Waals surface area contributed by atoms with E-state index in [1.807, 2.05) is 0 Å². The molecule has 2 aromatic rings. The number of imide groups is 1. The van der Waals surface area contributed by atoms with E-state index in [1.54, 1.807) is 36.4 Å². The molecule has 1 saturated heterocycles. The van der Waals surface area contributed by atoms with Gasteiger partial charge in [0.25, 0.3) is 5.91 Å². The highest BCUT2D eigenvalue weighted by Crippen LogP contribution is 2.56. The SMILES string of the molecule is O=C(COC(=O)c1cccc(N2C(=O)[C@H]3[C@H]4CC[C@@H](C4)[C@@H]3C2=O)c1)Nc1ccc(Cl)cc1. The molecule has 3 fully saturated rings. The lowest BCUT2D eigenvalue weighted by Crippen LogP contribution is -2.32. The van der Waals surface area contributed by atoms with Crippen molar-refractivity contribution in [3.05, 3.63) is 59.1 Å². The molecule has 1 heterocycles. The number of carbonyl (C=O) groups is 4. The standard InChI is InChI=1S/C24H21ClN2O5/c25-16-6-8-17(9-7-16)26-19(28)12-32-24(31)15-2-1-3-18(11-15)27-22(29)20-13-4-5-14(10-13)21(20)23(27)30/h1-3,6-9,11,13-14,20-21H,4-5,10,12H2,(H,26,28)/t13-,14-,20-,21-/m0/s1. The van der Waals surface area contributed by atoms with Gasteiger partial charge in [-0.3, -0.25) is 19.3 Å². The van der Waals surface area contributed by atoms with Crippen molar-refractivity contribution in [3.8, 4) is 0 Å². The van der Waals surface area contributed by atoms with Gasteiger partial charge in [0.15, 0.2) is 6.61 Å². The summed E-state index contributed by atoms with van der Waals surface area (Å²) in [5.41, 5.74) is 1.07. The van der Waals surface area contributed by atoms with Crippen LogP contribution in [-0.4, -0.2) is 30.3 Å². The first-order valence-corrected chi connectivity index (χ1v) is 11.0. The van der Waals surface area contributed by atoms with E-state index in [4.69, 9.17) is 16.3 Å². The molecule has 7 nitrogen and oxygen atoms in total. The van der Waals surface area contributed by atoms with Crippen LogP contribution in [0, 0.1) is 23.7 Å². The van der Waals surface area contributed by atoms with Crippen LogP contribution in [0.4, 0.5) is 11.4 Å². The highest BCUT2D eigenvalue weighted by molar-refractivity contribution is 6.30. The molecule has 1 N–H and O–H groups in total. The number of nitrogens with one attached hydrogen (secondary N) is 1. The van der Waals surface area contributed by atoms with Crippen molar-refractivity contribution >= 4 is 46.7 Å². The summed E-state index contributed by atoms with van der Waals surface area (Å²) in [6, 6.07) is 12.8. The molecule has 3 aliphatic rings. The van der Waals surface area contributed by atoms with Gasteiger partial charge in [-0.05, 0) is 73.6 Å². The van der Waals surface area contributed by atoms with Crippen LogP contribution in [0.2, 0.25) is 5.02 Å². The van der Waals surface area contributed by atoms with Crippen LogP contribution in [0.3, 0.4) is 0 Å². The summed E-state index contributed by atoms with van der Waals surface area (Å²) < 4.78 is 5.11. The van der Waals surface area contributed by atoms with E-state index in [9.17, 15) is 19.2 Å². The van der Waals surface area contributed by atoms with Crippen LogP contribution in [0.5, 0.6) is 0 Å². The zero-order valence-electron chi connectivity index (χ0n) is 17.1. The fraction of sp³-hybridized carbons (Fsp3) is 0.333. The van der Waals surface area contributed by atoms with Gasteiger partial charge in [0.05, 0.1) is 23.1 Å². The first kappa shape index (κ1) is 20.7. The maximum Gasteiger partial charge on any atom is 0.338 e. The Morgan fingerprint density at radius 1 is 1.00 bits per heavy atom. The molecule has 0 radical (unpaired) electrons. The van der Waals surface area contributed by atoms with Gasteiger partial charge >= 0.3 is 5.97 Å². The van der Waals surface area contributed by atoms with Gasteiger partial charge in [-0.2, -0.15) is 0 Å². The number of benzene rings is 2. The summed E-state index contributed by atoms with van der Waals surface area (Å²) in [5, 5.41) is 3.15. The first-order valence-electron chi connectivity index (χ1n) is 10.6. The molecule has 5 rings (SSSR count). The van der Waals surface area contributed by atoms with Gasteiger partial charge < -0.3 is 10.1 Å². The molecular formula is C24H21ClN2O5. The van der Waals surface area contributed by atoms with Crippen molar-refractivity contribution in [2.75, 3.05) is 16.8 Å². The molecule has 2 aromatic carbocycles. The van der Waals surface area contributed by atoms with Crippen LogP contribution in [0.25, 0.3) is 0 Å². The van der Waals surface area contributed by atoms with Crippen LogP contribution in [0.15, 0.2) is 48.5 Å². The van der Waals surface area contributed by atoms with Crippen LogP contribution in [-0.2, 0) is 19.1 Å². The molecule has 32 heavy (non-hydrogen) atoms. The maximum absolute atomic E-state index is 13.0. The number of amides is 3. The third-order valence-electron chi connectivity index (χ3n) is 6.73.